The Morgan fingerprint density at radius 3 is 2.52 bits per heavy atom. The zero-order valence-electron chi connectivity index (χ0n) is 15.7. The third kappa shape index (κ3) is 5.13. The average molecular weight is 477 g/mol. The first kappa shape index (κ1) is 21.3. The van der Waals surface area contributed by atoms with Crippen LogP contribution in [0.5, 0.6) is 0 Å². The Balaban J connectivity index is 1.67. The Hall–Kier alpha value is -2.45. The minimum atomic E-state index is -0.550. The lowest BCUT2D eigenvalue weighted by Crippen LogP contribution is -2.36. The second-order valence-corrected chi connectivity index (χ2v) is 8.61. The average Bonchev–Trinajstić information content (AvgIpc) is 2.92. The van der Waals surface area contributed by atoms with Gasteiger partial charge in [0.15, 0.2) is 0 Å². The first-order chi connectivity index (χ1) is 13.7. The van der Waals surface area contributed by atoms with Gasteiger partial charge in [0.2, 0.25) is 5.91 Å². The summed E-state index contributed by atoms with van der Waals surface area (Å²) in [6.07, 6.45) is 1.50. The van der Waals surface area contributed by atoms with Gasteiger partial charge in [0.1, 0.15) is 12.4 Å². The maximum absolute atomic E-state index is 13.4. The Kier molecular flexibility index (Phi) is 6.54. The number of hydrogen-bond donors (Lipinski definition) is 1. The molecular formula is C21H18BrFN2O3S. The van der Waals surface area contributed by atoms with E-state index >= 15 is 0 Å². The number of thioether (sulfide) groups is 1. The maximum atomic E-state index is 13.4. The second kappa shape index (κ2) is 8.92. The number of amides is 3. The Morgan fingerprint density at radius 2 is 1.90 bits per heavy atom. The van der Waals surface area contributed by atoms with E-state index in [4.69, 9.17) is 0 Å². The van der Waals surface area contributed by atoms with E-state index in [-0.39, 0.29) is 15.9 Å². The third-order valence-electron chi connectivity index (χ3n) is 4.28. The molecule has 3 rings (SSSR count). The highest BCUT2D eigenvalue weighted by molar-refractivity contribution is 9.10. The molecule has 29 heavy (non-hydrogen) atoms. The van der Waals surface area contributed by atoms with Gasteiger partial charge in [-0.15, -0.1) is 0 Å². The van der Waals surface area contributed by atoms with E-state index in [0.29, 0.717) is 17.2 Å². The van der Waals surface area contributed by atoms with Crippen LogP contribution in [0.1, 0.15) is 30.9 Å². The molecule has 0 aromatic heterocycles. The molecule has 5 nitrogen and oxygen atoms in total. The van der Waals surface area contributed by atoms with Crippen molar-refractivity contribution in [3.8, 4) is 0 Å². The highest BCUT2D eigenvalue weighted by Crippen LogP contribution is 2.32. The number of rotatable bonds is 5. The Morgan fingerprint density at radius 1 is 1.21 bits per heavy atom. The molecule has 0 unspecified atom stereocenters. The summed E-state index contributed by atoms with van der Waals surface area (Å²) in [4.78, 5) is 38.1. The first-order valence-electron chi connectivity index (χ1n) is 8.85. The zero-order chi connectivity index (χ0) is 21.1. The van der Waals surface area contributed by atoms with Gasteiger partial charge < -0.3 is 5.32 Å². The van der Waals surface area contributed by atoms with Gasteiger partial charge in [0.25, 0.3) is 11.1 Å². The summed E-state index contributed by atoms with van der Waals surface area (Å²) in [5.74, 6) is -1.06. The predicted octanol–water partition coefficient (Wildman–Crippen LogP) is 5.39. The fourth-order valence-electron chi connectivity index (χ4n) is 2.69. The monoisotopic (exact) mass is 476 g/mol. The number of hydrogen-bond acceptors (Lipinski definition) is 4. The van der Waals surface area contributed by atoms with Gasteiger partial charge >= 0.3 is 0 Å². The quantitative estimate of drug-likeness (QED) is 0.587. The number of anilines is 1. The smallest absolute Gasteiger partial charge is 0.294 e. The number of benzene rings is 2. The van der Waals surface area contributed by atoms with Gasteiger partial charge in [-0.25, -0.2) is 4.39 Å². The molecular weight excluding hydrogens is 459 g/mol. The van der Waals surface area contributed by atoms with Crippen LogP contribution in [0.4, 0.5) is 14.9 Å². The summed E-state index contributed by atoms with van der Waals surface area (Å²) in [6.45, 7) is 3.78. The number of nitrogens with zero attached hydrogens (tertiary/aromatic N) is 1. The van der Waals surface area contributed by atoms with Crippen molar-refractivity contribution in [2.24, 2.45) is 0 Å². The minimum absolute atomic E-state index is 0.183. The molecule has 1 heterocycles. The molecule has 2 aromatic rings. The molecule has 0 radical (unpaired) electrons. The van der Waals surface area contributed by atoms with E-state index in [2.05, 4.69) is 35.1 Å². The van der Waals surface area contributed by atoms with Crippen LogP contribution < -0.4 is 5.32 Å². The molecule has 0 saturated carbocycles. The van der Waals surface area contributed by atoms with E-state index < -0.39 is 22.9 Å². The summed E-state index contributed by atoms with van der Waals surface area (Å²) in [5.41, 5.74) is 2.31. The molecule has 1 fully saturated rings. The standard InChI is InChI=1S/C21H18BrFN2O3S/c1-12(2)14-4-6-15(7-5-14)24-19(26)11-25-20(27)18(29-21(25)28)10-13-3-8-17(23)16(22)9-13/h3-10,12H,11H2,1-2H3,(H,24,26)/b18-10+. The fourth-order valence-corrected chi connectivity index (χ4v) is 3.92. The molecule has 0 atom stereocenters. The van der Waals surface area contributed by atoms with E-state index in [0.717, 1.165) is 22.2 Å². The molecule has 0 bridgehead atoms. The van der Waals surface area contributed by atoms with Crippen molar-refractivity contribution in [1.82, 2.24) is 4.90 Å². The number of nitrogens with one attached hydrogen (secondary N) is 1. The molecule has 0 spiro atoms. The summed E-state index contributed by atoms with van der Waals surface area (Å²) in [7, 11) is 0. The summed E-state index contributed by atoms with van der Waals surface area (Å²) < 4.78 is 13.6. The molecule has 0 aliphatic carbocycles. The fraction of sp³-hybridized carbons (Fsp3) is 0.190. The second-order valence-electron chi connectivity index (χ2n) is 6.77. The lowest BCUT2D eigenvalue weighted by atomic mass is 10.0. The molecule has 1 N–H and O–H groups in total. The van der Waals surface area contributed by atoms with E-state index in [1.807, 2.05) is 12.1 Å². The van der Waals surface area contributed by atoms with Crippen molar-refractivity contribution in [2.75, 3.05) is 11.9 Å². The van der Waals surface area contributed by atoms with Crippen LogP contribution in [0, 0.1) is 5.82 Å². The van der Waals surface area contributed by atoms with Crippen LogP contribution in [-0.2, 0) is 9.59 Å². The topological polar surface area (TPSA) is 66.5 Å². The van der Waals surface area contributed by atoms with Gasteiger partial charge in [0.05, 0.1) is 9.38 Å². The summed E-state index contributed by atoms with van der Waals surface area (Å²) in [5, 5.41) is 2.17. The molecule has 2 aromatic carbocycles. The molecule has 1 aliphatic rings. The number of carbonyl (C=O) groups is 3. The minimum Gasteiger partial charge on any atom is -0.325 e. The Labute approximate surface area is 180 Å². The van der Waals surface area contributed by atoms with Crippen LogP contribution in [0.3, 0.4) is 0 Å². The van der Waals surface area contributed by atoms with Gasteiger partial charge in [-0.1, -0.05) is 32.0 Å². The van der Waals surface area contributed by atoms with Gasteiger partial charge in [-0.05, 0) is 75.1 Å². The molecule has 3 amide bonds. The van der Waals surface area contributed by atoms with Crippen molar-refractivity contribution in [3.05, 3.63) is 68.8 Å². The number of halogens is 2. The van der Waals surface area contributed by atoms with Crippen LogP contribution in [-0.4, -0.2) is 28.5 Å². The SMILES string of the molecule is CC(C)c1ccc(NC(=O)CN2C(=O)S/C(=C/c3ccc(F)c(Br)c3)C2=O)cc1. The maximum Gasteiger partial charge on any atom is 0.294 e. The highest BCUT2D eigenvalue weighted by atomic mass is 79.9. The van der Waals surface area contributed by atoms with Gasteiger partial charge in [-0.2, -0.15) is 0 Å². The molecule has 150 valence electrons. The normalized spacial score (nSPS) is 15.5. The lowest BCUT2D eigenvalue weighted by Gasteiger charge is -2.13. The third-order valence-corrected chi connectivity index (χ3v) is 5.79. The van der Waals surface area contributed by atoms with Crippen LogP contribution in [0.15, 0.2) is 51.8 Å². The van der Waals surface area contributed by atoms with E-state index in [1.54, 1.807) is 12.1 Å². The van der Waals surface area contributed by atoms with Crippen molar-refractivity contribution in [2.45, 2.75) is 19.8 Å². The first-order valence-corrected chi connectivity index (χ1v) is 10.5. The van der Waals surface area contributed by atoms with E-state index in [1.165, 1.54) is 24.3 Å². The molecule has 8 heteroatoms. The predicted molar refractivity (Wildman–Crippen MR) is 116 cm³/mol. The number of carbonyl (C=O) groups excluding carboxylic acids is 3. The van der Waals surface area contributed by atoms with Crippen molar-refractivity contribution < 1.29 is 18.8 Å². The van der Waals surface area contributed by atoms with Crippen molar-refractivity contribution in [3.63, 3.8) is 0 Å². The largest absolute Gasteiger partial charge is 0.325 e. The van der Waals surface area contributed by atoms with Crippen molar-refractivity contribution >= 4 is 56.5 Å². The van der Waals surface area contributed by atoms with Crippen LogP contribution in [0.25, 0.3) is 6.08 Å². The Bertz CT molecular complexity index is 1010. The van der Waals surface area contributed by atoms with Gasteiger partial charge in [-0.3, -0.25) is 19.3 Å². The highest BCUT2D eigenvalue weighted by Gasteiger charge is 2.36. The van der Waals surface area contributed by atoms with Gasteiger partial charge in [0, 0.05) is 5.69 Å². The van der Waals surface area contributed by atoms with Crippen LogP contribution >= 0.6 is 27.7 Å². The summed E-state index contributed by atoms with van der Waals surface area (Å²) in [6, 6.07) is 11.7. The van der Waals surface area contributed by atoms with E-state index in [9.17, 15) is 18.8 Å². The summed E-state index contributed by atoms with van der Waals surface area (Å²) >= 11 is 3.83. The van der Waals surface area contributed by atoms with Crippen molar-refractivity contribution in [1.29, 1.82) is 0 Å². The van der Waals surface area contributed by atoms with Crippen LogP contribution in [0.2, 0.25) is 0 Å². The number of imide groups is 1. The zero-order valence-corrected chi connectivity index (χ0v) is 18.1. The lowest BCUT2D eigenvalue weighted by molar-refractivity contribution is -0.127. The molecule has 1 aliphatic heterocycles. The molecule has 1 saturated heterocycles.